The average molecular weight is 400 g/mol. The molecule has 0 amide bonds. The first-order valence-corrected chi connectivity index (χ1v) is 8.18. The zero-order chi connectivity index (χ0) is 21.0. The van der Waals surface area contributed by atoms with Gasteiger partial charge in [0.05, 0.1) is 11.9 Å². The molecule has 0 aliphatic heterocycles. The molecule has 3 rings (SSSR count). The first-order valence-electron chi connectivity index (χ1n) is 8.18. The molecule has 2 aromatic carbocycles. The molecule has 0 aliphatic carbocycles. The zero-order valence-corrected chi connectivity index (χ0v) is 14.5. The van der Waals surface area contributed by atoms with Crippen molar-refractivity contribution in [3.8, 4) is 17.3 Å². The lowest BCUT2D eigenvalue weighted by Gasteiger charge is -2.17. The Kier molecular flexibility index (Phi) is 5.45. The number of anilines is 1. The standard InChI is InChI=1S/C18H11BF4N5O/c20-15-8-4-7-14(19(21,22)23)13(15)10-25-28-18-26-16(11-5-2-1-3-6-11)12(9-24)17(29)27-18/h1-8,10H,(H2,26,27,28,29)/q-1. The highest BCUT2D eigenvalue weighted by molar-refractivity contribution is 6.74. The molecule has 29 heavy (non-hydrogen) atoms. The molecule has 1 aromatic heterocycles. The fraction of sp³-hybridized carbons (Fsp3) is 0. The number of nitrogens with one attached hydrogen (secondary N) is 2. The molecular weight excluding hydrogens is 389 g/mol. The largest absolute Gasteiger partial charge is 0.510 e. The van der Waals surface area contributed by atoms with Gasteiger partial charge < -0.3 is 12.9 Å². The first-order chi connectivity index (χ1) is 13.8. The molecule has 0 fully saturated rings. The van der Waals surface area contributed by atoms with Crippen LogP contribution in [0.25, 0.3) is 11.3 Å². The smallest absolute Gasteiger partial charge is 0.445 e. The summed E-state index contributed by atoms with van der Waals surface area (Å²) in [6.45, 7) is -5.45. The molecule has 0 bridgehead atoms. The van der Waals surface area contributed by atoms with Crippen LogP contribution < -0.4 is 16.4 Å². The summed E-state index contributed by atoms with van der Waals surface area (Å²) in [4.78, 5) is 18.5. The van der Waals surface area contributed by atoms with Crippen LogP contribution in [0.4, 0.5) is 23.3 Å². The maximum absolute atomic E-state index is 13.8. The zero-order valence-electron chi connectivity index (χ0n) is 14.5. The number of halogens is 4. The van der Waals surface area contributed by atoms with Crippen molar-refractivity contribution in [3.05, 3.63) is 75.8 Å². The molecule has 0 spiro atoms. The Hall–Kier alpha value is -3.94. The Bertz CT molecular complexity index is 1170. The van der Waals surface area contributed by atoms with E-state index >= 15 is 0 Å². The van der Waals surface area contributed by atoms with Crippen LogP contribution in [0.1, 0.15) is 11.1 Å². The third kappa shape index (κ3) is 4.32. The van der Waals surface area contributed by atoms with Crippen LogP contribution in [-0.4, -0.2) is 23.2 Å². The third-order valence-electron chi connectivity index (χ3n) is 3.88. The highest BCUT2D eigenvalue weighted by Crippen LogP contribution is 2.19. The lowest BCUT2D eigenvalue weighted by atomic mass is 9.77. The van der Waals surface area contributed by atoms with Gasteiger partial charge in [-0.3, -0.25) is 9.78 Å². The van der Waals surface area contributed by atoms with Gasteiger partial charge in [0.1, 0.15) is 17.4 Å². The van der Waals surface area contributed by atoms with Crippen LogP contribution in [0.3, 0.4) is 0 Å². The van der Waals surface area contributed by atoms with Gasteiger partial charge in [0.25, 0.3) is 5.56 Å². The maximum atomic E-state index is 13.8. The van der Waals surface area contributed by atoms with Crippen LogP contribution in [0.2, 0.25) is 0 Å². The molecule has 146 valence electrons. The fourth-order valence-electron chi connectivity index (χ4n) is 2.57. The molecular formula is C18H11BF4N5O-. The van der Waals surface area contributed by atoms with Crippen molar-refractivity contribution in [1.82, 2.24) is 9.97 Å². The van der Waals surface area contributed by atoms with Gasteiger partial charge in [-0.15, -0.1) is 0 Å². The summed E-state index contributed by atoms with van der Waals surface area (Å²) in [5, 5.41) is 12.8. The van der Waals surface area contributed by atoms with Crippen molar-refractivity contribution in [1.29, 1.82) is 5.26 Å². The minimum absolute atomic E-state index is 0.0692. The molecule has 2 N–H and O–H groups in total. The summed E-state index contributed by atoms with van der Waals surface area (Å²) in [7, 11) is 0. The number of aromatic amines is 1. The highest BCUT2D eigenvalue weighted by Gasteiger charge is 2.29. The summed E-state index contributed by atoms with van der Waals surface area (Å²) in [5.41, 5.74) is -0.0538. The number of rotatable bonds is 5. The minimum Gasteiger partial charge on any atom is -0.445 e. The number of nitrogens with zero attached hydrogens (tertiary/aromatic N) is 3. The predicted molar refractivity (Wildman–Crippen MR) is 101 cm³/mol. The van der Waals surface area contributed by atoms with Gasteiger partial charge in [-0.25, -0.2) is 14.8 Å². The van der Waals surface area contributed by atoms with Crippen LogP contribution in [0.5, 0.6) is 0 Å². The minimum atomic E-state index is -5.45. The lowest BCUT2D eigenvalue weighted by Crippen LogP contribution is -2.37. The van der Waals surface area contributed by atoms with Gasteiger partial charge in [0.15, 0.2) is 0 Å². The highest BCUT2D eigenvalue weighted by atomic mass is 19.4. The number of hydrazone groups is 1. The average Bonchev–Trinajstić information content (AvgIpc) is 2.68. The van der Waals surface area contributed by atoms with E-state index in [2.05, 4.69) is 20.5 Å². The number of benzene rings is 2. The lowest BCUT2D eigenvalue weighted by molar-refractivity contribution is 0.500. The van der Waals surface area contributed by atoms with Crippen LogP contribution in [0.15, 0.2) is 58.4 Å². The second-order valence-electron chi connectivity index (χ2n) is 5.80. The van der Waals surface area contributed by atoms with E-state index in [4.69, 9.17) is 0 Å². The van der Waals surface area contributed by atoms with E-state index < -0.39 is 29.4 Å². The number of H-pyrrole nitrogens is 1. The quantitative estimate of drug-likeness (QED) is 0.298. The van der Waals surface area contributed by atoms with Crippen LogP contribution in [0, 0.1) is 17.1 Å². The number of hydrogen-bond donors (Lipinski definition) is 2. The van der Waals surface area contributed by atoms with Crippen molar-refractivity contribution in [2.45, 2.75) is 0 Å². The van der Waals surface area contributed by atoms with Crippen molar-refractivity contribution in [2.24, 2.45) is 5.10 Å². The fourth-order valence-corrected chi connectivity index (χ4v) is 2.57. The Morgan fingerprint density at radius 3 is 2.52 bits per heavy atom. The van der Waals surface area contributed by atoms with E-state index in [-0.39, 0.29) is 17.2 Å². The molecule has 0 aliphatic rings. The summed E-state index contributed by atoms with van der Waals surface area (Å²) in [6, 6.07) is 12.7. The van der Waals surface area contributed by atoms with Gasteiger partial charge in [-0.1, -0.05) is 47.9 Å². The van der Waals surface area contributed by atoms with Crippen molar-refractivity contribution in [2.75, 3.05) is 5.43 Å². The van der Waals surface area contributed by atoms with E-state index in [0.29, 0.717) is 11.8 Å². The number of nitriles is 1. The van der Waals surface area contributed by atoms with Gasteiger partial charge in [0, 0.05) is 11.1 Å². The molecule has 0 saturated heterocycles. The van der Waals surface area contributed by atoms with Gasteiger partial charge in [-0.05, 0) is 6.07 Å². The summed E-state index contributed by atoms with van der Waals surface area (Å²) in [5.74, 6) is -1.32. The third-order valence-corrected chi connectivity index (χ3v) is 3.88. The predicted octanol–water partition coefficient (Wildman–Crippen LogP) is 2.95. The monoisotopic (exact) mass is 400 g/mol. The molecule has 0 saturated carbocycles. The summed E-state index contributed by atoms with van der Waals surface area (Å²) >= 11 is 0. The Labute approximate surface area is 161 Å². The van der Waals surface area contributed by atoms with Gasteiger partial charge >= 0.3 is 6.98 Å². The second kappa shape index (κ2) is 7.98. The topological polar surface area (TPSA) is 93.9 Å². The molecule has 11 heteroatoms. The Morgan fingerprint density at radius 2 is 1.86 bits per heavy atom. The SMILES string of the molecule is N#Cc1c(-c2ccccc2)nc(NN=Cc2c(F)cccc2[B-](F)(F)F)[nH]c1=O. The van der Waals surface area contributed by atoms with Gasteiger partial charge in [-0.2, -0.15) is 10.4 Å². The summed E-state index contributed by atoms with van der Waals surface area (Å²) < 4.78 is 53.1. The maximum Gasteiger partial charge on any atom is 0.510 e. The van der Waals surface area contributed by atoms with Crippen molar-refractivity contribution < 1.29 is 17.3 Å². The number of hydrogen-bond acceptors (Lipinski definition) is 5. The summed E-state index contributed by atoms with van der Waals surface area (Å²) in [6.07, 6.45) is 0.653. The van der Waals surface area contributed by atoms with E-state index in [1.54, 1.807) is 36.4 Å². The van der Waals surface area contributed by atoms with E-state index in [1.165, 1.54) is 0 Å². The molecule has 6 nitrogen and oxygen atoms in total. The van der Waals surface area contributed by atoms with E-state index in [9.17, 15) is 27.4 Å². The second-order valence-corrected chi connectivity index (χ2v) is 5.80. The first kappa shape index (κ1) is 19.8. The van der Waals surface area contributed by atoms with Crippen molar-refractivity contribution in [3.63, 3.8) is 0 Å². The molecule has 3 aromatic rings. The molecule has 0 radical (unpaired) electrons. The molecule has 1 heterocycles. The Balaban J connectivity index is 1.97. The molecule has 0 atom stereocenters. The number of aromatic nitrogens is 2. The van der Waals surface area contributed by atoms with Crippen LogP contribution in [-0.2, 0) is 0 Å². The van der Waals surface area contributed by atoms with Gasteiger partial charge in [0.2, 0.25) is 5.95 Å². The Morgan fingerprint density at radius 1 is 1.14 bits per heavy atom. The van der Waals surface area contributed by atoms with E-state index in [1.807, 2.05) is 0 Å². The van der Waals surface area contributed by atoms with Crippen LogP contribution >= 0.6 is 0 Å². The normalized spacial score (nSPS) is 11.4. The molecule has 0 unspecified atom stereocenters. The van der Waals surface area contributed by atoms with E-state index in [0.717, 1.165) is 18.2 Å². The van der Waals surface area contributed by atoms with Crippen molar-refractivity contribution >= 4 is 24.6 Å².